The Morgan fingerprint density at radius 1 is 1.27 bits per heavy atom. The highest BCUT2D eigenvalue weighted by Gasteiger charge is 2.16. The number of hydrogen-bond acceptors (Lipinski definition) is 2. The van der Waals surface area contributed by atoms with Crippen LogP contribution in [0.5, 0.6) is 0 Å². The smallest absolute Gasteiger partial charge is 0.262 e. The van der Waals surface area contributed by atoms with E-state index in [0.29, 0.717) is 0 Å². The Morgan fingerprint density at radius 2 is 1.88 bits per heavy atom. The third-order valence-corrected chi connectivity index (χ3v) is 4.79. The minimum atomic E-state index is -0.321. The largest absolute Gasteiger partial charge is 0.349 e. The van der Waals surface area contributed by atoms with E-state index in [-0.39, 0.29) is 17.5 Å². The van der Waals surface area contributed by atoms with E-state index >= 15 is 0 Å². The van der Waals surface area contributed by atoms with E-state index in [4.69, 9.17) is 0 Å². The number of aryl methyl sites for hydroxylation is 3. The van der Waals surface area contributed by atoms with E-state index in [0.717, 1.165) is 29.1 Å². The molecule has 2 aromatic rings. The van der Waals surface area contributed by atoms with Gasteiger partial charge in [-0.15, -0.1) is 0 Å². The summed E-state index contributed by atoms with van der Waals surface area (Å²) in [6, 6.07) is 10.3. The van der Waals surface area contributed by atoms with Crippen LogP contribution in [-0.2, 0) is 4.79 Å². The van der Waals surface area contributed by atoms with Gasteiger partial charge in [-0.2, -0.15) is 5.26 Å². The minimum Gasteiger partial charge on any atom is -0.349 e. The number of benzene rings is 1. The van der Waals surface area contributed by atoms with Gasteiger partial charge in [0.1, 0.15) is 11.6 Å². The van der Waals surface area contributed by atoms with Gasteiger partial charge in [-0.05, 0) is 69.9 Å². The average molecular weight is 349 g/mol. The normalized spacial score (nSPS) is 12.6. The van der Waals surface area contributed by atoms with Crippen LogP contribution in [-0.4, -0.2) is 16.5 Å². The molecule has 1 atom stereocenters. The molecule has 0 fully saturated rings. The van der Waals surface area contributed by atoms with Gasteiger partial charge in [-0.3, -0.25) is 4.79 Å². The fourth-order valence-corrected chi connectivity index (χ4v) is 3.14. The lowest BCUT2D eigenvalue weighted by atomic mass is 10.1. The number of rotatable bonds is 5. The van der Waals surface area contributed by atoms with Crippen LogP contribution < -0.4 is 5.32 Å². The van der Waals surface area contributed by atoms with Crippen LogP contribution in [0.25, 0.3) is 11.8 Å². The second kappa shape index (κ2) is 8.05. The van der Waals surface area contributed by atoms with Gasteiger partial charge in [-0.1, -0.05) is 25.1 Å². The van der Waals surface area contributed by atoms with E-state index < -0.39 is 0 Å². The van der Waals surface area contributed by atoms with Crippen molar-refractivity contribution in [3.05, 3.63) is 57.9 Å². The Hall–Kier alpha value is -2.80. The molecular weight excluding hydrogens is 322 g/mol. The van der Waals surface area contributed by atoms with Crippen LogP contribution in [0, 0.1) is 39.0 Å². The third-order valence-electron chi connectivity index (χ3n) is 4.79. The fourth-order valence-electron chi connectivity index (χ4n) is 3.14. The first kappa shape index (κ1) is 19.5. The lowest BCUT2D eigenvalue weighted by Gasteiger charge is -2.15. The molecule has 26 heavy (non-hydrogen) atoms. The van der Waals surface area contributed by atoms with Gasteiger partial charge in [0.15, 0.2) is 0 Å². The molecule has 4 nitrogen and oxygen atoms in total. The van der Waals surface area contributed by atoms with Crippen molar-refractivity contribution < 1.29 is 4.79 Å². The number of hydrogen-bond donors (Lipinski definition) is 1. The van der Waals surface area contributed by atoms with Gasteiger partial charge in [-0.25, -0.2) is 0 Å². The second-order valence-corrected chi connectivity index (χ2v) is 6.85. The molecule has 0 bridgehead atoms. The number of para-hydroxylation sites is 1. The van der Waals surface area contributed by atoms with Crippen molar-refractivity contribution in [2.45, 2.75) is 54.0 Å². The molecule has 0 saturated carbocycles. The first-order valence-electron chi connectivity index (χ1n) is 8.98. The number of nitriles is 1. The Balaban J connectivity index is 2.50. The maximum Gasteiger partial charge on any atom is 0.262 e. The van der Waals surface area contributed by atoms with E-state index in [1.54, 1.807) is 6.08 Å². The Morgan fingerprint density at radius 3 is 2.42 bits per heavy atom. The van der Waals surface area contributed by atoms with E-state index in [9.17, 15) is 10.1 Å². The summed E-state index contributed by atoms with van der Waals surface area (Å²) in [4.78, 5) is 12.3. The standard InChI is InChI=1S/C22H27N3O/c1-7-16(4)24-22(26)20(13-23)12-19-11-17(5)25(18(19)6)21-14(2)9-8-10-15(21)3/h8-12,16H,7H2,1-6H3,(H,24,26)/b20-12+/t16-/m1/s1. The molecule has 4 heteroatoms. The number of nitrogens with one attached hydrogen (secondary N) is 1. The summed E-state index contributed by atoms with van der Waals surface area (Å²) in [5.74, 6) is -0.321. The van der Waals surface area contributed by atoms with E-state index in [1.807, 2.05) is 39.8 Å². The first-order chi connectivity index (χ1) is 12.3. The van der Waals surface area contributed by atoms with Crippen LogP contribution in [0.4, 0.5) is 0 Å². The van der Waals surface area contributed by atoms with Crippen LogP contribution in [0.2, 0.25) is 0 Å². The molecule has 136 valence electrons. The maximum atomic E-state index is 12.3. The minimum absolute atomic E-state index is 0.0429. The molecule has 1 aromatic heterocycles. The van der Waals surface area contributed by atoms with Crippen LogP contribution in [0.1, 0.15) is 48.3 Å². The van der Waals surface area contributed by atoms with Crippen LogP contribution in [0.3, 0.4) is 0 Å². The molecule has 1 N–H and O–H groups in total. The van der Waals surface area contributed by atoms with Crippen molar-refractivity contribution in [3.63, 3.8) is 0 Å². The van der Waals surface area contributed by atoms with Crippen molar-refractivity contribution >= 4 is 12.0 Å². The molecular formula is C22H27N3O. The number of carbonyl (C=O) groups is 1. The van der Waals surface area contributed by atoms with Gasteiger partial charge in [0.05, 0.1) is 5.69 Å². The summed E-state index contributed by atoms with van der Waals surface area (Å²) < 4.78 is 2.19. The van der Waals surface area contributed by atoms with E-state index in [2.05, 4.69) is 41.9 Å². The molecule has 0 aliphatic heterocycles. The zero-order valence-electron chi connectivity index (χ0n) is 16.5. The molecule has 0 unspecified atom stereocenters. The summed E-state index contributed by atoms with van der Waals surface area (Å²) in [5, 5.41) is 12.3. The summed E-state index contributed by atoms with van der Waals surface area (Å²) >= 11 is 0. The molecule has 1 heterocycles. The molecule has 0 spiro atoms. The number of carbonyl (C=O) groups excluding carboxylic acids is 1. The van der Waals surface area contributed by atoms with Crippen molar-refractivity contribution in [1.82, 2.24) is 9.88 Å². The van der Waals surface area contributed by atoms with Crippen molar-refractivity contribution in [1.29, 1.82) is 5.26 Å². The van der Waals surface area contributed by atoms with Gasteiger partial charge in [0.2, 0.25) is 0 Å². The topological polar surface area (TPSA) is 57.8 Å². The second-order valence-electron chi connectivity index (χ2n) is 6.85. The molecule has 0 aliphatic carbocycles. The monoisotopic (exact) mass is 349 g/mol. The van der Waals surface area contributed by atoms with Crippen LogP contribution >= 0.6 is 0 Å². The first-order valence-corrected chi connectivity index (χ1v) is 8.98. The highest BCUT2D eigenvalue weighted by atomic mass is 16.1. The number of nitrogens with zero attached hydrogens (tertiary/aromatic N) is 2. The molecule has 0 saturated heterocycles. The maximum absolute atomic E-state index is 12.3. The fraction of sp³-hybridized carbons (Fsp3) is 0.364. The van der Waals surface area contributed by atoms with Gasteiger partial charge < -0.3 is 9.88 Å². The lowest BCUT2D eigenvalue weighted by Crippen LogP contribution is -2.32. The predicted molar refractivity (Wildman–Crippen MR) is 106 cm³/mol. The summed E-state index contributed by atoms with van der Waals surface area (Å²) in [5.41, 5.74) is 6.65. The average Bonchev–Trinajstić information content (AvgIpc) is 2.86. The SMILES string of the molecule is CC[C@@H](C)NC(=O)/C(C#N)=C/c1cc(C)n(-c2c(C)cccc2C)c1C. The zero-order valence-corrected chi connectivity index (χ0v) is 16.5. The molecule has 1 aromatic carbocycles. The highest BCUT2D eigenvalue weighted by Crippen LogP contribution is 2.27. The quantitative estimate of drug-likeness (QED) is 0.637. The number of aromatic nitrogens is 1. The Bertz CT molecular complexity index is 877. The van der Waals surface area contributed by atoms with Crippen molar-refractivity contribution in [3.8, 4) is 11.8 Å². The predicted octanol–water partition coefficient (Wildman–Crippen LogP) is 4.53. The summed E-state index contributed by atoms with van der Waals surface area (Å²) in [6.45, 7) is 12.2. The molecule has 1 amide bonds. The Kier molecular flexibility index (Phi) is 6.05. The summed E-state index contributed by atoms with van der Waals surface area (Å²) in [6.07, 6.45) is 2.51. The third kappa shape index (κ3) is 3.88. The molecule has 0 radical (unpaired) electrons. The number of amides is 1. The van der Waals surface area contributed by atoms with Crippen LogP contribution in [0.15, 0.2) is 29.8 Å². The van der Waals surface area contributed by atoms with Gasteiger partial charge >= 0.3 is 0 Å². The summed E-state index contributed by atoms with van der Waals surface area (Å²) in [7, 11) is 0. The lowest BCUT2D eigenvalue weighted by molar-refractivity contribution is -0.117. The van der Waals surface area contributed by atoms with Crippen molar-refractivity contribution in [2.24, 2.45) is 0 Å². The van der Waals surface area contributed by atoms with E-state index in [1.165, 1.54) is 11.1 Å². The molecule has 0 aliphatic rings. The Labute approximate surface area is 156 Å². The molecule has 2 rings (SSSR count). The zero-order chi connectivity index (χ0) is 19.4. The van der Waals surface area contributed by atoms with Gasteiger partial charge in [0.25, 0.3) is 5.91 Å². The highest BCUT2D eigenvalue weighted by molar-refractivity contribution is 6.02. The van der Waals surface area contributed by atoms with Gasteiger partial charge in [0, 0.05) is 17.4 Å². The van der Waals surface area contributed by atoms with Crippen molar-refractivity contribution in [2.75, 3.05) is 0 Å².